The summed E-state index contributed by atoms with van der Waals surface area (Å²) in [5.74, 6) is -0.435. The van der Waals surface area contributed by atoms with Crippen molar-refractivity contribution in [1.29, 1.82) is 0 Å². The van der Waals surface area contributed by atoms with Crippen LogP contribution in [0.15, 0.2) is 47.8 Å². The first kappa shape index (κ1) is 18.2. The highest BCUT2D eigenvalue weighted by Gasteiger charge is 2.26. The van der Waals surface area contributed by atoms with Crippen molar-refractivity contribution in [2.45, 2.75) is 13.8 Å². The van der Waals surface area contributed by atoms with Crippen LogP contribution >= 0.6 is 22.7 Å². The Bertz CT molecular complexity index is 903. The van der Waals surface area contributed by atoms with Crippen LogP contribution in [-0.4, -0.2) is 18.6 Å². The maximum absolute atomic E-state index is 12.6. The average molecular weight is 386 g/mol. The van der Waals surface area contributed by atoms with E-state index in [-0.39, 0.29) is 6.61 Å². The molecule has 2 aromatic heterocycles. The number of hydrogen-bond acceptors (Lipinski definition) is 5. The van der Waals surface area contributed by atoms with Gasteiger partial charge in [-0.3, -0.25) is 5.32 Å². The topological polar surface area (TPSA) is 67.4 Å². The summed E-state index contributed by atoms with van der Waals surface area (Å²) in [4.78, 5) is 26.8. The zero-order valence-corrected chi connectivity index (χ0v) is 16.0. The molecule has 0 spiro atoms. The van der Waals surface area contributed by atoms with Crippen molar-refractivity contribution in [1.82, 2.24) is 0 Å². The molecule has 0 saturated carbocycles. The van der Waals surface area contributed by atoms with Gasteiger partial charge in [-0.2, -0.15) is 0 Å². The number of carbonyl (C=O) groups excluding carboxylic acids is 2. The molecule has 1 aromatic carbocycles. The number of carbonyl (C=O) groups is 2. The maximum Gasteiger partial charge on any atom is 0.341 e. The van der Waals surface area contributed by atoms with Gasteiger partial charge in [-0.25, -0.2) is 9.59 Å². The quantitative estimate of drug-likeness (QED) is 0.560. The van der Waals surface area contributed by atoms with Crippen LogP contribution in [0.1, 0.15) is 22.2 Å². The minimum absolute atomic E-state index is 0.271. The summed E-state index contributed by atoms with van der Waals surface area (Å²) in [7, 11) is 0. The zero-order valence-electron chi connectivity index (χ0n) is 14.4. The van der Waals surface area contributed by atoms with Crippen molar-refractivity contribution in [3.05, 3.63) is 58.3 Å². The van der Waals surface area contributed by atoms with Gasteiger partial charge in [0.15, 0.2) is 0 Å². The number of esters is 1. The fourth-order valence-corrected chi connectivity index (χ4v) is 4.49. The van der Waals surface area contributed by atoms with Crippen LogP contribution in [0.2, 0.25) is 0 Å². The van der Waals surface area contributed by atoms with E-state index in [0.717, 1.165) is 15.3 Å². The number of benzene rings is 1. The molecule has 0 radical (unpaired) electrons. The third kappa shape index (κ3) is 3.95. The molecule has 0 saturated heterocycles. The van der Waals surface area contributed by atoms with E-state index in [4.69, 9.17) is 4.74 Å². The molecule has 7 heteroatoms. The Hall–Kier alpha value is -2.64. The fourth-order valence-electron chi connectivity index (χ4n) is 2.54. The highest BCUT2D eigenvalue weighted by atomic mass is 32.1. The zero-order chi connectivity index (χ0) is 18.5. The molecule has 2 heterocycles. The summed E-state index contributed by atoms with van der Waals surface area (Å²) < 4.78 is 5.22. The smallest absolute Gasteiger partial charge is 0.341 e. The number of rotatable bonds is 5. The van der Waals surface area contributed by atoms with E-state index in [2.05, 4.69) is 10.6 Å². The summed E-state index contributed by atoms with van der Waals surface area (Å²) >= 11 is 2.91. The molecule has 0 aliphatic rings. The SMILES string of the molecule is CCOC(=O)c1c(NC(=O)Nc2ccccc2)sc(C)c1-c1cccs1. The number of hydrogen-bond donors (Lipinski definition) is 2. The van der Waals surface area contributed by atoms with Crippen molar-refractivity contribution in [2.24, 2.45) is 0 Å². The Morgan fingerprint density at radius 2 is 1.85 bits per heavy atom. The molecule has 0 atom stereocenters. The molecule has 0 fully saturated rings. The average Bonchev–Trinajstić information content (AvgIpc) is 3.23. The first-order chi connectivity index (χ1) is 12.6. The van der Waals surface area contributed by atoms with E-state index < -0.39 is 12.0 Å². The standard InChI is InChI=1S/C19H18N2O3S2/c1-3-24-18(22)16-15(14-10-7-11-25-14)12(2)26-17(16)21-19(23)20-13-8-5-4-6-9-13/h4-11H,3H2,1-2H3,(H2,20,21,23). The second-order valence-electron chi connectivity index (χ2n) is 5.38. The molecular weight excluding hydrogens is 368 g/mol. The first-order valence-corrected chi connectivity index (χ1v) is 9.77. The number of aryl methyl sites for hydroxylation is 1. The van der Waals surface area contributed by atoms with Crippen molar-refractivity contribution in [3.63, 3.8) is 0 Å². The Morgan fingerprint density at radius 3 is 2.50 bits per heavy atom. The molecule has 3 aromatic rings. The lowest BCUT2D eigenvalue weighted by molar-refractivity contribution is 0.0529. The number of ether oxygens (including phenoxy) is 1. The predicted molar refractivity (Wildman–Crippen MR) is 107 cm³/mol. The van der Waals surface area contributed by atoms with E-state index in [1.54, 1.807) is 30.4 Å². The maximum atomic E-state index is 12.6. The van der Waals surface area contributed by atoms with Gasteiger partial charge in [0.1, 0.15) is 10.6 Å². The lowest BCUT2D eigenvalue weighted by Crippen LogP contribution is -2.20. The third-order valence-corrected chi connectivity index (χ3v) is 5.50. The summed E-state index contributed by atoms with van der Waals surface area (Å²) in [6.45, 7) is 3.97. The van der Waals surface area contributed by atoms with E-state index in [0.29, 0.717) is 16.3 Å². The lowest BCUT2D eigenvalue weighted by Gasteiger charge is -2.09. The second kappa shape index (κ2) is 8.16. The Kier molecular flexibility index (Phi) is 5.70. The lowest BCUT2D eigenvalue weighted by atomic mass is 10.1. The molecule has 2 amide bonds. The van der Waals surface area contributed by atoms with Gasteiger partial charge >= 0.3 is 12.0 Å². The molecule has 2 N–H and O–H groups in total. The van der Waals surface area contributed by atoms with Crippen molar-refractivity contribution in [3.8, 4) is 10.4 Å². The van der Waals surface area contributed by atoms with Gasteiger partial charge in [0, 0.05) is 21.0 Å². The number of amides is 2. The predicted octanol–water partition coefficient (Wildman–Crippen LogP) is 5.61. The van der Waals surface area contributed by atoms with Gasteiger partial charge in [-0.15, -0.1) is 22.7 Å². The van der Waals surface area contributed by atoms with Crippen molar-refractivity contribution >= 4 is 45.4 Å². The fraction of sp³-hybridized carbons (Fsp3) is 0.158. The summed E-state index contributed by atoms with van der Waals surface area (Å²) in [5.41, 5.74) is 1.90. The Morgan fingerprint density at radius 1 is 1.08 bits per heavy atom. The third-order valence-electron chi connectivity index (χ3n) is 3.59. The van der Waals surface area contributed by atoms with Gasteiger partial charge in [0.25, 0.3) is 0 Å². The van der Waals surface area contributed by atoms with Gasteiger partial charge in [0.2, 0.25) is 0 Å². The van der Waals surface area contributed by atoms with Gasteiger partial charge in [-0.1, -0.05) is 24.3 Å². The largest absolute Gasteiger partial charge is 0.462 e. The highest BCUT2D eigenvalue weighted by molar-refractivity contribution is 7.18. The molecule has 0 aliphatic carbocycles. The number of para-hydroxylation sites is 1. The monoisotopic (exact) mass is 386 g/mol. The van der Waals surface area contributed by atoms with Gasteiger partial charge in [0.05, 0.1) is 6.61 Å². The van der Waals surface area contributed by atoms with E-state index >= 15 is 0 Å². The minimum Gasteiger partial charge on any atom is -0.462 e. The highest BCUT2D eigenvalue weighted by Crippen LogP contribution is 2.42. The van der Waals surface area contributed by atoms with Crippen LogP contribution in [0.5, 0.6) is 0 Å². The number of urea groups is 1. The molecule has 3 rings (SSSR count). The van der Waals surface area contributed by atoms with Crippen LogP contribution in [0.3, 0.4) is 0 Å². The molecule has 134 valence electrons. The molecular formula is C19H18N2O3S2. The van der Waals surface area contributed by atoms with E-state index in [9.17, 15) is 9.59 Å². The number of thiophene rings is 2. The molecule has 0 aliphatic heterocycles. The van der Waals surface area contributed by atoms with Gasteiger partial charge < -0.3 is 10.1 Å². The number of nitrogens with one attached hydrogen (secondary N) is 2. The summed E-state index contributed by atoms with van der Waals surface area (Å²) in [6.07, 6.45) is 0. The van der Waals surface area contributed by atoms with E-state index in [1.165, 1.54) is 11.3 Å². The van der Waals surface area contributed by atoms with Crippen LogP contribution in [0, 0.1) is 6.92 Å². The van der Waals surface area contributed by atoms with Crippen LogP contribution < -0.4 is 10.6 Å². The van der Waals surface area contributed by atoms with Crippen LogP contribution in [0.25, 0.3) is 10.4 Å². The van der Waals surface area contributed by atoms with Gasteiger partial charge in [-0.05, 0) is 37.4 Å². The summed E-state index contributed by atoms with van der Waals surface area (Å²) in [5, 5.41) is 7.99. The molecule has 5 nitrogen and oxygen atoms in total. The molecule has 0 bridgehead atoms. The first-order valence-electron chi connectivity index (χ1n) is 8.07. The van der Waals surface area contributed by atoms with Crippen LogP contribution in [0.4, 0.5) is 15.5 Å². The normalized spacial score (nSPS) is 10.4. The van der Waals surface area contributed by atoms with E-state index in [1.807, 2.05) is 42.6 Å². The minimum atomic E-state index is -0.435. The van der Waals surface area contributed by atoms with Crippen LogP contribution in [-0.2, 0) is 4.74 Å². The Balaban J connectivity index is 1.92. The second-order valence-corrected chi connectivity index (χ2v) is 7.55. The molecule has 26 heavy (non-hydrogen) atoms. The van der Waals surface area contributed by atoms with Crippen molar-refractivity contribution < 1.29 is 14.3 Å². The number of anilines is 2. The van der Waals surface area contributed by atoms with Crippen molar-refractivity contribution in [2.75, 3.05) is 17.2 Å². The Labute approximate surface area is 159 Å². The molecule has 0 unspecified atom stereocenters. The summed E-state index contributed by atoms with van der Waals surface area (Å²) in [6, 6.07) is 12.6.